The van der Waals surface area contributed by atoms with Crippen molar-refractivity contribution in [3.05, 3.63) is 83.8 Å². The number of hydrogen-bond donors (Lipinski definition) is 3. The molecule has 0 radical (unpaired) electrons. The SMILES string of the molecule is O=S(=O)(N[C@H](CO)Cc1c[nH]c2ccccc12)c1cc(-c2ccccc2F)cc2c1OCC2. The first kappa shape index (κ1) is 21.6. The van der Waals surface area contributed by atoms with Crippen molar-refractivity contribution in [2.24, 2.45) is 0 Å². The van der Waals surface area contributed by atoms with E-state index in [1.807, 2.05) is 30.5 Å². The number of aliphatic hydroxyl groups is 1. The van der Waals surface area contributed by atoms with Gasteiger partial charge in [-0.25, -0.2) is 17.5 Å². The van der Waals surface area contributed by atoms with Crippen LogP contribution in [0.3, 0.4) is 0 Å². The molecule has 0 spiro atoms. The molecule has 0 fully saturated rings. The standard InChI is InChI=1S/C25H23FN2O4S/c26-22-7-3-1-5-20(22)17-11-16-9-10-32-25(16)24(13-17)33(30,31)28-19(15-29)12-18-14-27-23-8-4-2-6-21(18)23/h1-8,11,13-14,19,27-29H,9-10,12,15H2/t19-/m0/s1. The van der Waals surface area contributed by atoms with Crippen molar-refractivity contribution in [3.63, 3.8) is 0 Å². The van der Waals surface area contributed by atoms with Crippen molar-refractivity contribution in [3.8, 4) is 16.9 Å². The Kier molecular flexibility index (Phi) is 5.65. The molecular formula is C25H23FN2O4S. The number of benzene rings is 3. The zero-order chi connectivity index (χ0) is 23.0. The number of aromatic amines is 1. The van der Waals surface area contributed by atoms with E-state index in [2.05, 4.69) is 9.71 Å². The number of aromatic nitrogens is 1. The van der Waals surface area contributed by atoms with Crippen molar-refractivity contribution < 1.29 is 22.7 Å². The molecule has 0 unspecified atom stereocenters. The molecule has 1 aliphatic rings. The van der Waals surface area contributed by atoms with Gasteiger partial charge in [-0.2, -0.15) is 0 Å². The van der Waals surface area contributed by atoms with E-state index in [-0.39, 0.29) is 17.3 Å². The predicted molar refractivity (Wildman–Crippen MR) is 124 cm³/mol. The Morgan fingerprint density at radius 2 is 1.91 bits per heavy atom. The number of ether oxygens (including phenoxy) is 1. The van der Waals surface area contributed by atoms with E-state index in [1.54, 1.807) is 24.3 Å². The number of aliphatic hydroxyl groups excluding tert-OH is 1. The van der Waals surface area contributed by atoms with Gasteiger partial charge < -0.3 is 14.8 Å². The Labute approximate surface area is 191 Å². The first-order chi connectivity index (χ1) is 16.0. The molecule has 1 aromatic heterocycles. The zero-order valence-corrected chi connectivity index (χ0v) is 18.5. The molecule has 0 amide bonds. The van der Waals surface area contributed by atoms with Gasteiger partial charge in [0.15, 0.2) is 0 Å². The highest BCUT2D eigenvalue weighted by Crippen LogP contribution is 2.38. The topological polar surface area (TPSA) is 91.4 Å². The van der Waals surface area contributed by atoms with E-state index < -0.39 is 21.9 Å². The quantitative estimate of drug-likeness (QED) is 0.387. The van der Waals surface area contributed by atoms with Gasteiger partial charge in [-0.05, 0) is 47.4 Å². The Morgan fingerprint density at radius 1 is 1.12 bits per heavy atom. The summed E-state index contributed by atoms with van der Waals surface area (Å²) in [7, 11) is -4.06. The molecule has 1 aliphatic heterocycles. The summed E-state index contributed by atoms with van der Waals surface area (Å²) in [6.07, 6.45) is 2.66. The maximum absolute atomic E-state index is 14.4. The molecule has 170 valence electrons. The van der Waals surface area contributed by atoms with Crippen molar-refractivity contribution in [1.82, 2.24) is 9.71 Å². The molecule has 8 heteroatoms. The van der Waals surface area contributed by atoms with Crippen LogP contribution in [-0.2, 0) is 22.9 Å². The van der Waals surface area contributed by atoms with Crippen molar-refractivity contribution in [2.45, 2.75) is 23.8 Å². The Morgan fingerprint density at radius 3 is 2.73 bits per heavy atom. The van der Waals surface area contributed by atoms with Crippen LogP contribution >= 0.6 is 0 Å². The molecule has 3 N–H and O–H groups in total. The molecule has 0 saturated carbocycles. The number of rotatable bonds is 7. The van der Waals surface area contributed by atoms with Gasteiger partial charge in [0, 0.05) is 35.1 Å². The zero-order valence-electron chi connectivity index (χ0n) is 17.7. The number of fused-ring (bicyclic) bond motifs is 2. The molecule has 0 bridgehead atoms. The summed E-state index contributed by atoms with van der Waals surface area (Å²) < 4.78 is 49.5. The molecule has 4 aromatic rings. The van der Waals surface area contributed by atoms with Crippen LogP contribution in [0.4, 0.5) is 4.39 Å². The third kappa shape index (κ3) is 4.13. The normalized spacial score (nSPS) is 14.2. The van der Waals surface area contributed by atoms with E-state index in [1.165, 1.54) is 12.1 Å². The lowest BCUT2D eigenvalue weighted by Gasteiger charge is -2.18. The predicted octanol–water partition coefficient (Wildman–Crippen LogP) is 3.79. The van der Waals surface area contributed by atoms with Gasteiger partial charge in [0.1, 0.15) is 16.5 Å². The van der Waals surface area contributed by atoms with Crippen LogP contribution in [0.25, 0.3) is 22.0 Å². The van der Waals surface area contributed by atoms with Gasteiger partial charge in [0.25, 0.3) is 0 Å². The summed E-state index contributed by atoms with van der Waals surface area (Å²) in [6.45, 7) is -0.0217. The fourth-order valence-corrected chi connectivity index (χ4v) is 5.76. The van der Waals surface area contributed by atoms with E-state index in [0.717, 1.165) is 16.5 Å². The first-order valence-electron chi connectivity index (χ1n) is 10.7. The van der Waals surface area contributed by atoms with Crippen LogP contribution in [-0.4, -0.2) is 37.8 Å². The lowest BCUT2D eigenvalue weighted by molar-refractivity contribution is 0.256. The third-order valence-corrected chi connectivity index (χ3v) is 7.43. The van der Waals surface area contributed by atoms with Gasteiger partial charge in [-0.3, -0.25) is 0 Å². The maximum Gasteiger partial charge on any atom is 0.244 e. The number of sulfonamides is 1. The van der Waals surface area contributed by atoms with Gasteiger partial charge in [-0.15, -0.1) is 0 Å². The summed E-state index contributed by atoms with van der Waals surface area (Å²) in [5, 5.41) is 10.9. The summed E-state index contributed by atoms with van der Waals surface area (Å²) in [5.74, 6) is -0.147. The van der Waals surface area contributed by atoms with Gasteiger partial charge >= 0.3 is 0 Å². The minimum atomic E-state index is -4.06. The number of H-pyrrole nitrogens is 1. The molecule has 1 atom stereocenters. The van der Waals surface area contributed by atoms with Crippen LogP contribution in [0.15, 0.2) is 71.8 Å². The van der Waals surface area contributed by atoms with Crippen LogP contribution in [0.5, 0.6) is 5.75 Å². The van der Waals surface area contributed by atoms with E-state index in [0.29, 0.717) is 36.1 Å². The minimum absolute atomic E-state index is 0.0480. The number of nitrogens with one attached hydrogen (secondary N) is 2. The highest BCUT2D eigenvalue weighted by atomic mass is 32.2. The summed E-state index contributed by atoms with van der Waals surface area (Å²) in [5.41, 5.74) is 3.34. The Bertz CT molecular complexity index is 1430. The average Bonchev–Trinajstić information content (AvgIpc) is 3.45. The Hall–Kier alpha value is -3.20. The van der Waals surface area contributed by atoms with Crippen LogP contribution in [0.1, 0.15) is 11.1 Å². The van der Waals surface area contributed by atoms with Crippen LogP contribution in [0.2, 0.25) is 0 Å². The maximum atomic E-state index is 14.4. The fourth-order valence-electron chi connectivity index (χ4n) is 4.32. The molecule has 3 aromatic carbocycles. The molecule has 0 aliphatic carbocycles. The number of para-hydroxylation sites is 1. The number of halogens is 1. The molecule has 6 nitrogen and oxygen atoms in total. The van der Waals surface area contributed by atoms with Gasteiger partial charge in [0.2, 0.25) is 10.0 Å². The molecule has 2 heterocycles. The second-order valence-electron chi connectivity index (χ2n) is 8.11. The smallest absolute Gasteiger partial charge is 0.244 e. The summed E-state index contributed by atoms with van der Waals surface area (Å²) >= 11 is 0. The highest BCUT2D eigenvalue weighted by Gasteiger charge is 2.29. The minimum Gasteiger partial charge on any atom is -0.492 e. The van der Waals surface area contributed by atoms with Gasteiger partial charge in [0.05, 0.1) is 13.2 Å². The summed E-state index contributed by atoms with van der Waals surface area (Å²) in [4.78, 5) is 3.11. The van der Waals surface area contributed by atoms with Crippen molar-refractivity contribution in [2.75, 3.05) is 13.2 Å². The lowest BCUT2D eigenvalue weighted by Crippen LogP contribution is -2.39. The van der Waals surface area contributed by atoms with Gasteiger partial charge in [-0.1, -0.05) is 36.4 Å². The van der Waals surface area contributed by atoms with Crippen LogP contribution < -0.4 is 9.46 Å². The van der Waals surface area contributed by atoms with E-state index in [9.17, 15) is 17.9 Å². The van der Waals surface area contributed by atoms with E-state index in [4.69, 9.17) is 4.74 Å². The second-order valence-corrected chi connectivity index (χ2v) is 9.79. The van der Waals surface area contributed by atoms with Crippen LogP contribution in [0, 0.1) is 5.82 Å². The monoisotopic (exact) mass is 466 g/mol. The average molecular weight is 467 g/mol. The molecule has 5 rings (SSSR count). The fraction of sp³-hybridized carbons (Fsp3) is 0.200. The van der Waals surface area contributed by atoms with E-state index >= 15 is 0 Å². The third-order valence-electron chi connectivity index (χ3n) is 5.91. The Balaban J connectivity index is 1.49. The van der Waals surface area contributed by atoms with Crippen molar-refractivity contribution in [1.29, 1.82) is 0 Å². The first-order valence-corrected chi connectivity index (χ1v) is 12.2. The number of hydrogen-bond acceptors (Lipinski definition) is 4. The second kappa shape index (κ2) is 8.62. The molecular weight excluding hydrogens is 443 g/mol. The lowest BCUT2D eigenvalue weighted by atomic mass is 10.0. The largest absolute Gasteiger partial charge is 0.492 e. The highest BCUT2D eigenvalue weighted by molar-refractivity contribution is 7.89. The molecule has 0 saturated heterocycles. The summed E-state index contributed by atoms with van der Waals surface area (Å²) in [6, 6.07) is 16.4. The van der Waals surface area contributed by atoms with Crippen molar-refractivity contribution >= 4 is 20.9 Å². The molecule has 33 heavy (non-hydrogen) atoms.